The van der Waals surface area contributed by atoms with Crippen LogP contribution in [0.2, 0.25) is 0 Å². The van der Waals surface area contributed by atoms with Gasteiger partial charge in [-0.2, -0.15) is 5.21 Å². The zero-order valence-electron chi connectivity index (χ0n) is 6.04. The number of urea groups is 1. The van der Waals surface area contributed by atoms with Crippen LogP contribution >= 0.6 is 11.6 Å². The smallest absolute Gasteiger partial charge is 0.321 e. The first kappa shape index (κ1) is 8.72. The third-order valence-electron chi connectivity index (χ3n) is 0.951. The number of amides is 2. The molecule has 1 rings (SSSR count). The molecule has 2 amide bonds. The number of rotatable bonds is 3. The highest BCUT2D eigenvalue weighted by Crippen LogP contribution is 1.88. The number of aromatic amines is 1. The number of carbonyl (C=O) groups is 1. The Hall–Kier alpha value is -1.37. The average molecular weight is 191 g/mol. The Bertz CT molecular complexity index is 236. The molecule has 0 aromatic carbocycles. The SMILES string of the molecule is O=C(NCCCl)Nc1nn[nH]n1. The summed E-state index contributed by atoms with van der Waals surface area (Å²) in [6.07, 6.45) is 0. The first-order chi connectivity index (χ1) is 5.83. The van der Waals surface area contributed by atoms with E-state index in [2.05, 4.69) is 31.3 Å². The monoisotopic (exact) mass is 190 g/mol. The Kier molecular flexibility index (Phi) is 3.27. The van der Waals surface area contributed by atoms with E-state index in [1.807, 2.05) is 0 Å². The number of aromatic nitrogens is 4. The summed E-state index contributed by atoms with van der Waals surface area (Å²) in [6, 6.07) is -0.406. The van der Waals surface area contributed by atoms with E-state index in [0.717, 1.165) is 0 Å². The van der Waals surface area contributed by atoms with E-state index in [4.69, 9.17) is 11.6 Å². The van der Waals surface area contributed by atoms with Gasteiger partial charge < -0.3 is 5.32 Å². The van der Waals surface area contributed by atoms with E-state index in [0.29, 0.717) is 12.4 Å². The summed E-state index contributed by atoms with van der Waals surface area (Å²) in [7, 11) is 0. The molecule has 0 spiro atoms. The molecule has 0 aliphatic carbocycles. The van der Waals surface area contributed by atoms with Crippen LogP contribution in [0.5, 0.6) is 0 Å². The number of H-pyrrole nitrogens is 1. The van der Waals surface area contributed by atoms with Crippen molar-refractivity contribution in [2.45, 2.75) is 0 Å². The molecule has 0 aliphatic rings. The molecular formula is C4H7ClN6O. The molecule has 7 nitrogen and oxygen atoms in total. The molecule has 0 unspecified atom stereocenters. The molecule has 0 saturated heterocycles. The lowest BCUT2D eigenvalue weighted by atomic mass is 10.7. The number of nitrogens with zero attached hydrogens (tertiary/aromatic N) is 3. The fraction of sp³-hybridized carbons (Fsp3) is 0.500. The summed E-state index contributed by atoms with van der Waals surface area (Å²) in [5.74, 6) is 0.488. The molecule has 1 heterocycles. The van der Waals surface area contributed by atoms with Crippen LogP contribution in [0, 0.1) is 0 Å². The maximum atomic E-state index is 10.9. The summed E-state index contributed by atoms with van der Waals surface area (Å²) in [5.41, 5.74) is 0. The molecular weight excluding hydrogens is 184 g/mol. The van der Waals surface area contributed by atoms with Gasteiger partial charge in [-0.15, -0.1) is 16.7 Å². The summed E-state index contributed by atoms with van der Waals surface area (Å²) in [6.45, 7) is 0.394. The van der Waals surface area contributed by atoms with Crippen LogP contribution in [0.1, 0.15) is 0 Å². The van der Waals surface area contributed by atoms with E-state index in [1.54, 1.807) is 0 Å². The molecule has 0 saturated carbocycles. The lowest BCUT2D eigenvalue weighted by Crippen LogP contribution is -2.30. The first-order valence-corrected chi connectivity index (χ1v) is 3.70. The minimum Gasteiger partial charge on any atom is -0.337 e. The Morgan fingerprint density at radius 2 is 2.50 bits per heavy atom. The summed E-state index contributed by atoms with van der Waals surface area (Å²) in [4.78, 5) is 10.9. The van der Waals surface area contributed by atoms with E-state index >= 15 is 0 Å². The normalized spacial score (nSPS) is 9.42. The molecule has 0 bridgehead atoms. The van der Waals surface area contributed by atoms with Crippen molar-refractivity contribution in [3.8, 4) is 0 Å². The van der Waals surface area contributed by atoms with Crippen LogP contribution in [0.3, 0.4) is 0 Å². The maximum Gasteiger partial charge on any atom is 0.321 e. The Balaban J connectivity index is 2.27. The lowest BCUT2D eigenvalue weighted by Gasteiger charge is -2.00. The molecule has 0 fully saturated rings. The Morgan fingerprint density at radius 3 is 3.08 bits per heavy atom. The largest absolute Gasteiger partial charge is 0.337 e. The predicted molar refractivity (Wildman–Crippen MR) is 41.9 cm³/mol. The summed E-state index contributed by atoms with van der Waals surface area (Å²) >= 11 is 5.34. The second-order valence-electron chi connectivity index (χ2n) is 1.81. The highest BCUT2D eigenvalue weighted by molar-refractivity contribution is 6.18. The third-order valence-corrected chi connectivity index (χ3v) is 1.14. The standard InChI is InChI=1S/C4H7ClN6O/c5-1-2-6-4(12)7-3-8-10-11-9-3/h1-2H2,(H3,6,7,8,9,10,11,12). The van der Waals surface area contributed by atoms with Crippen LogP contribution < -0.4 is 10.6 Å². The number of anilines is 1. The minimum absolute atomic E-state index is 0.127. The topological polar surface area (TPSA) is 95.6 Å². The fourth-order valence-electron chi connectivity index (χ4n) is 0.521. The van der Waals surface area contributed by atoms with Gasteiger partial charge in [0.15, 0.2) is 0 Å². The van der Waals surface area contributed by atoms with E-state index in [9.17, 15) is 4.79 Å². The van der Waals surface area contributed by atoms with Gasteiger partial charge in [0.05, 0.1) is 0 Å². The molecule has 0 aliphatic heterocycles. The number of hydrogen-bond donors (Lipinski definition) is 3. The van der Waals surface area contributed by atoms with E-state index in [1.165, 1.54) is 0 Å². The van der Waals surface area contributed by atoms with Gasteiger partial charge in [-0.3, -0.25) is 5.32 Å². The number of nitrogens with one attached hydrogen (secondary N) is 3. The fourth-order valence-corrected chi connectivity index (χ4v) is 0.616. The third kappa shape index (κ3) is 2.70. The highest BCUT2D eigenvalue weighted by atomic mass is 35.5. The van der Waals surface area contributed by atoms with Crippen LogP contribution in [0.15, 0.2) is 0 Å². The van der Waals surface area contributed by atoms with Gasteiger partial charge in [0.2, 0.25) is 0 Å². The zero-order valence-corrected chi connectivity index (χ0v) is 6.80. The van der Waals surface area contributed by atoms with Crippen LogP contribution in [0.4, 0.5) is 10.7 Å². The molecule has 1 aromatic heterocycles. The quantitative estimate of drug-likeness (QED) is 0.563. The van der Waals surface area contributed by atoms with Crippen molar-refractivity contribution in [1.82, 2.24) is 25.9 Å². The van der Waals surface area contributed by atoms with Gasteiger partial charge in [0, 0.05) is 12.4 Å². The zero-order chi connectivity index (χ0) is 8.81. The molecule has 12 heavy (non-hydrogen) atoms. The van der Waals surface area contributed by atoms with Crippen molar-refractivity contribution in [2.75, 3.05) is 17.7 Å². The molecule has 0 radical (unpaired) electrons. The van der Waals surface area contributed by atoms with Crippen molar-refractivity contribution in [2.24, 2.45) is 0 Å². The van der Waals surface area contributed by atoms with Crippen molar-refractivity contribution in [1.29, 1.82) is 0 Å². The van der Waals surface area contributed by atoms with E-state index in [-0.39, 0.29) is 5.95 Å². The average Bonchev–Trinajstić information content (AvgIpc) is 2.53. The Labute approximate surface area is 72.9 Å². The van der Waals surface area contributed by atoms with Gasteiger partial charge in [-0.05, 0) is 5.21 Å². The van der Waals surface area contributed by atoms with Crippen molar-refractivity contribution in [3.05, 3.63) is 0 Å². The number of alkyl halides is 1. The van der Waals surface area contributed by atoms with Gasteiger partial charge in [0.1, 0.15) is 0 Å². The predicted octanol–water partition coefficient (Wildman–Crippen LogP) is -0.440. The van der Waals surface area contributed by atoms with Crippen LogP contribution in [0.25, 0.3) is 0 Å². The molecule has 66 valence electrons. The highest BCUT2D eigenvalue weighted by Gasteiger charge is 2.02. The number of hydrogen-bond acceptors (Lipinski definition) is 4. The van der Waals surface area contributed by atoms with Crippen molar-refractivity contribution in [3.63, 3.8) is 0 Å². The van der Waals surface area contributed by atoms with E-state index < -0.39 is 6.03 Å². The van der Waals surface area contributed by atoms with Gasteiger partial charge >= 0.3 is 6.03 Å². The van der Waals surface area contributed by atoms with Crippen LogP contribution in [-0.2, 0) is 0 Å². The Morgan fingerprint density at radius 1 is 1.67 bits per heavy atom. The number of tetrazole rings is 1. The molecule has 8 heteroatoms. The number of carbonyl (C=O) groups excluding carboxylic acids is 1. The minimum atomic E-state index is -0.406. The summed E-state index contributed by atoms with van der Waals surface area (Å²) in [5, 5.41) is 17.3. The molecule has 1 aromatic rings. The van der Waals surface area contributed by atoms with Crippen molar-refractivity contribution < 1.29 is 4.79 Å². The lowest BCUT2D eigenvalue weighted by molar-refractivity contribution is 0.252. The van der Waals surface area contributed by atoms with Gasteiger partial charge in [-0.1, -0.05) is 5.10 Å². The molecule has 3 N–H and O–H groups in total. The van der Waals surface area contributed by atoms with Crippen LogP contribution in [-0.4, -0.2) is 39.1 Å². The number of halogens is 1. The summed E-state index contributed by atoms with van der Waals surface area (Å²) < 4.78 is 0. The second-order valence-corrected chi connectivity index (χ2v) is 2.18. The van der Waals surface area contributed by atoms with Gasteiger partial charge in [-0.25, -0.2) is 4.79 Å². The van der Waals surface area contributed by atoms with Crippen molar-refractivity contribution >= 4 is 23.6 Å². The maximum absolute atomic E-state index is 10.9. The second kappa shape index (κ2) is 4.50. The van der Waals surface area contributed by atoms with Gasteiger partial charge in [0.25, 0.3) is 5.95 Å². The first-order valence-electron chi connectivity index (χ1n) is 3.17. The molecule has 0 atom stereocenters.